The minimum absolute atomic E-state index is 0.107. The van der Waals surface area contributed by atoms with Gasteiger partial charge in [-0.2, -0.15) is 0 Å². The first-order valence-corrected chi connectivity index (χ1v) is 8.86. The number of amides is 1. The molecule has 1 heterocycles. The maximum Gasteiger partial charge on any atom is 0.304 e. The Hall–Kier alpha value is -1.08. The van der Waals surface area contributed by atoms with Crippen LogP contribution in [0.4, 0.5) is 0 Å². The smallest absolute Gasteiger partial charge is 0.304 e. The zero-order valence-corrected chi connectivity index (χ0v) is 13.2. The van der Waals surface area contributed by atoms with Gasteiger partial charge in [-0.1, -0.05) is 28.5 Å². The second-order valence-corrected chi connectivity index (χ2v) is 6.82. The summed E-state index contributed by atoms with van der Waals surface area (Å²) in [6, 6.07) is 0. The summed E-state index contributed by atoms with van der Waals surface area (Å²) in [6.45, 7) is 4.36. The van der Waals surface area contributed by atoms with E-state index in [1.54, 1.807) is 17.1 Å². The van der Waals surface area contributed by atoms with Crippen LogP contribution in [0, 0.1) is 6.92 Å². The molecule has 0 saturated heterocycles. The summed E-state index contributed by atoms with van der Waals surface area (Å²) in [6.07, 6.45) is 2.46. The van der Waals surface area contributed by atoms with Crippen molar-refractivity contribution in [3.63, 3.8) is 0 Å². The number of hydrogen-bond donors (Lipinski definition) is 2. The topological polar surface area (TPSA) is 79.5 Å². The van der Waals surface area contributed by atoms with E-state index in [0.29, 0.717) is 30.0 Å². The number of carboxylic acids is 1. The summed E-state index contributed by atoms with van der Waals surface area (Å²) in [7, 11) is 3.07. The van der Waals surface area contributed by atoms with Crippen molar-refractivity contribution >= 4 is 33.5 Å². The van der Waals surface area contributed by atoms with Crippen LogP contribution in [0.25, 0.3) is 0 Å². The van der Waals surface area contributed by atoms with Crippen molar-refractivity contribution in [3.05, 3.63) is 23.2 Å². The van der Waals surface area contributed by atoms with E-state index >= 15 is 0 Å². The number of aliphatic carboxylic acids is 1. The van der Waals surface area contributed by atoms with E-state index < -0.39 is 5.97 Å². The molecule has 0 atom stereocenters. The van der Waals surface area contributed by atoms with E-state index in [-0.39, 0.29) is 12.3 Å². The lowest BCUT2D eigenvalue weighted by molar-refractivity contribution is -0.136. The Kier molecular flexibility index (Phi) is 7.61. The van der Waals surface area contributed by atoms with Gasteiger partial charge in [0.1, 0.15) is 5.76 Å². The van der Waals surface area contributed by atoms with E-state index in [2.05, 4.69) is 5.32 Å². The van der Waals surface area contributed by atoms with Gasteiger partial charge in [0, 0.05) is 30.0 Å². The van der Waals surface area contributed by atoms with E-state index in [1.807, 2.05) is 13.8 Å². The van der Waals surface area contributed by atoms with Crippen LogP contribution < -0.4 is 5.32 Å². The lowest BCUT2D eigenvalue weighted by Crippen LogP contribution is -2.26. The fourth-order valence-electron chi connectivity index (χ4n) is 1.60. The minimum Gasteiger partial charge on any atom is -0.481 e. The van der Waals surface area contributed by atoms with Crippen molar-refractivity contribution in [1.82, 2.24) is 5.32 Å². The summed E-state index contributed by atoms with van der Waals surface area (Å²) >= 11 is 0. The van der Waals surface area contributed by atoms with Crippen LogP contribution >= 0.6 is 21.6 Å². The fraction of sp³-hybridized carbons (Fsp3) is 0.538. The van der Waals surface area contributed by atoms with Crippen molar-refractivity contribution in [2.45, 2.75) is 26.7 Å². The third-order valence-electron chi connectivity index (χ3n) is 2.55. The van der Waals surface area contributed by atoms with Gasteiger partial charge in [0.15, 0.2) is 0 Å². The highest BCUT2D eigenvalue weighted by molar-refractivity contribution is 8.76. The van der Waals surface area contributed by atoms with Gasteiger partial charge in [-0.25, -0.2) is 0 Å². The van der Waals surface area contributed by atoms with Crippen LogP contribution in [0.3, 0.4) is 0 Å². The molecule has 2 N–H and O–H groups in total. The van der Waals surface area contributed by atoms with E-state index in [9.17, 15) is 9.59 Å². The Morgan fingerprint density at radius 1 is 1.35 bits per heavy atom. The molecule has 0 aliphatic heterocycles. The Morgan fingerprint density at radius 3 is 2.70 bits per heavy atom. The van der Waals surface area contributed by atoms with Crippen molar-refractivity contribution < 1.29 is 19.1 Å². The molecule has 0 aromatic carbocycles. The molecule has 1 aromatic heterocycles. The normalized spacial score (nSPS) is 10.5. The predicted octanol–water partition coefficient (Wildman–Crippen LogP) is 2.74. The molecule has 0 saturated carbocycles. The second kappa shape index (κ2) is 8.97. The van der Waals surface area contributed by atoms with E-state index in [1.165, 1.54) is 10.8 Å². The largest absolute Gasteiger partial charge is 0.481 e. The molecule has 0 bridgehead atoms. The van der Waals surface area contributed by atoms with Crippen LogP contribution in [0.1, 0.15) is 35.0 Å². The number of rotatable bonds is 9. The number of carboxylic acid groups (broad SMARTS) is 1. The van der Waals surface area contributed by atoms with Crippen molar-refractivity contribution in [3.8, 4) is 0 Å². The number of aryl methyl sites for hydroxylation is 2. The number of nitrogens with one attached hydrogen (secondary N) is 1. The summed E-state index contributed by atoms with van der Waals surface area (Å²) < 4.78 is 5.32. The van der Waals surface area contributed by atoms with Gasteiger partial charge >= 0.3 is 5.97 Å². The van der Waals surface area contributed by atoms with Gasteiger partial charge in [0.05, 0.1) is 18.2 Å². The average Bonchev–Trinajstić information content (AvgIpc) is 2.78. The molecule has 0 aliphatic rings. The van der Waals surface area contributed by atoms with Gasteiger partial charge in [-0.15, -0.1) is 0 Å². The highest BCUT2D eigenvalue weighted by Crippen LogP contribution is 2.21. The average molecular weight is 317 g/mol. The molecule has 0 spiro atoms. The standard InChI is InChI=1S/C13H19NO4S2/c1-3-10-12(9(2)8-18-10)13(17)14-5-7-20-19-6-4-11(15)16/h8H,3-7H2,1-2H3,(H,14,17)(H,15,16). The molecule has 0 fully saturated rings. The van der Waals surface area contributed by atoms with Crippen LogP contribution in [-0.2, 0) is 11.2 Å². The van der Waals surface area contributed by atoms with Crippen LogP contribution in [0.5, 0.6) is 0 Å². The molecule has 112 valence electrons. The summed E-state index contributed by atoms with van der Waals surface area (Å²) in [5.41, 5.74) is 1.49. The Balaban J connectivity index is 2.23. The van der Waals surface area contributed by atoms with Crippen LogP contribution in [0.15, 0.2) is 10.7 Å². The predicted molar refractivity (Wildman–Crippen MR) is 82.3 cm³/mol. The third kappa shape index (κ3) is 5.50. The fourth-order valence-corrected chi connectivity index (χ4v) is 3.49. The summed E-state index contributed by atoms with van der Waals surface area (Å²) in [5.74, 6) is 1.14. The maximum absolute atomic E-state index is 12.0. The number of carbonyl (C=O) groups is 2. The van der Waals surface area contributed by atoms with Crippen LogP contribution in [-0.4, -0.2) is 35.0 Å². The first-order valence-electron chi connectivity index (χ1n) is 6.37. The lowest BCUT2D eigenvalue weighted by atomic mass is 10.1. The molecule has 7 heteroatoms. The maximum atomic E-state index is 12.0. The van der Waals surface area contributed by atoms with Gasteiger partial charge in [-0.3, -0.25) is 9.59 Å². The minimum atomic E-state index is -0.783. The summed E-state index contributed by atoms with van der Waals surface area (Å²) in [5, 5.41) is 11.3. The highest BCUT2D eigenvalue weighted by atomic mass is 33.1. The first kappa shape index (κ1) is 17.0. The Morgan fingerprint density at radius 2 is 2.05 bits per heavy atom. The Labute approximate surface area is 126 Å². The quantitative estimate of drug-likeness (QED) is 0.538. The molecule has 0 aliphatic carbocycles. The summed E-state index contributed by atoms with van der Waals surface area (Å²) in [4.78, 5) is 22.3. The molecular weight excluding hydrogens is 298 g/mol. The van der Waals surface area contributed by atoms with Crippen molar-refractivity contribution in [1.29, 1.82) is 0 Å². The molecule has 0 unspecified atom stereocenters. The Bertz CT molecular complexity index is 459. The molecule has 1 rings (SSSR count). The van der Waals surface area contributed by atoms with E-state index in [0.717, 1.165) is 11.3 Å². The molecule has 1 amide bonds. The number of furan rings is 1. The second-order valence-electron chi connectivity index (χ2n) is 4.11. The van der Waals surface area contributed by atoms with Gasteiger partial charge in [0.2, 0.25) is 0 Å². The highest BCUT2D eigenvalue weighted by Gasteiger charge is 2.16. The molecule has 5 nitrogen and oxygen atoms in total. The molecular formula is C13H19NO4S2. The number of hydrogen-bond acceptors (Lipinski definition) is 5. The monoisotopic (exact) mass is 317 g/mol. The lowest BCUT2D eigenvalue weighted by Gasteiger charge is -2.05. The molecule has 1 aromatic rings. The molecule has 0 radical (unpaired) electrons. The van der Waals surface area contributed by atoms with Crippen molar-refractivity contribution in [2.24, 2.45) is 0 Å². The zero-order valence-electron chi connectivity index (χ0n) is 11.6. The van der Waals surface area contributed by atoms with Gasteiger partial charge < -0.3 is 14.8 Å². The first-order chi connectivity index (χ1) is 9.56. The SMILES string of the molecule is CCc1occ(C)c1C(=O)NCCSSCCC(=O)O. The van der Waals surface area contributed by atoms with Gasteiger partial charge in [0.25, 0.3) is 5.91 Å². The number of carbonyl (C=O) groups excluding carboxylic acids is 1. The van der Waals surface area contributed by atoms with Crippen molar-refractivity contribution in [2.75, 3.05) is 18.1 Å². The van der Waals surface area contributed by atoms with E-state index in [4.69, 9.17) is 9.52 Å². The molecule has 20 heavy (non-hydrogen) atoms. The van der Waals surface area contributed by atoms with Crippen LogP contribution in [0.2, 0.25) is 0 Å². The third-order valence-corrected chi connectivity index (χ3v) is 4.96. The van der Waals surface area contributed by atoms with Gasteiger partial charge in [-0.05, 0) is 6.92 Å². The zero-order chi connectivity index (χ0) is 15.0.